The molecule has 3 N–H and O–H groups in total. The van der Waals surface area contributed by atoms with E-state index in [0.717, 1.165) is 5.76 Å². The number of anilines is 1. The number of guanidine groups is 1. The molecule has 2 rings (SSSR count). The Bertz CT molecular complexity index is 674. The monoisotopic (exact) mass is 458 g/mol. The normalized spacial score (nSPS) is 10.6. The van der Waals surface area contributed by atoms with Gasteiger partial charge in [-0.15, -0.1) is 24.0 Å². The largest absolute Gasteiger partial charge is 0.492 e. The lowest BCUT2D eigenvalue weighted by Gasteiger charge is -2.12. The second-order valence-corrected chi connectivity index (χ2v) is 4.99. The molecule has 1 heterocycles. The number of aliphatic imine (C=N–C) groups is 1. The van der Waals surface area contributed by atoms with E-state index in [-0.39, 0.29) is 29.9 Å². The Labute approximate surface area is 164 Å². The van der Waals surface area contributed by atoms with Crippen LogP contribution in [0.4, 0.5) is 5.69 Å². The molecule has 0 saturated carbocycles. The van der Waals surface area contributed by atoms with Crippen LogP contribution in [0.2, 0.25) is 0 Å². The number of rotatable bonds is 7. The van der Waals surface area contributed by atoms with Gasteiger partial charge in [-0.3, -0.25) is 9.79 Å². The summed E-state index contributed by atoms with van der Waals surface area (Å²) in [6, 6.07) is 11.0. The topological polar surface area (TPSA) is 87.9 Å². The Morgan fingerprint density at radius 2 is 2.08 bits per heavy atom. The number of hydrogen-bond donors (Lipinski definition) is 3. The molecule has 0 spiro atoms. The molecular formula is C17H23IN4O3. The van der Waals surface area contributed by atoms with E-state index in [4.69, 9.17) is 9.15 Å². The van der Waals surface area contributed by atoms with Gasteiger partial charge in [0, 0.05) is 25.7 Å². The van der Waals surface area contributed by atoms with Crippen LogP contribution >= 0.6 is 24.0 Å². The number of benzene rings is 1. The molecule has 0 unspecified atom stereocenters. The molecule has 0 aliphatic heterocycles. The summed E-state index contributed by atoms with van der Waals surface area (Å²) in [7, 11) is 1.70. The number of nitrogens with one attached hydrogen (secondary N) is 3. The number of hydrogen-bond acceptors (Lipinski definition) is 4. The van der Waals surface area contributed by atoms with Crippen molar-refractivity contribution in [2.45, 2.75) is 13.5 Å². The summed E-state index contributed by atoms with van der Waals surface area (Å²) >= 11 is 0. The van der Waals surface area contributed by atoms with Gasteiger partial charge in [-0.1, -0.05) is 6.07 Å². The molecule has 0 atom stereocenters. The Hall–Kier alpha value is -2.23. The lowest BCUT2D eigenvalue weighted by Crippen LogP contribution is -2.38. The molecule has 0 saturated heterocycles. The third-order valence-electron chi connectivity index (χ3n) is 3.05. The number of nitrogens with zero attached hydrogens (tertiary/aromatic N) is 1. The Balaban J connectivity index is 0.00000312. The number of furan rings is 1. The van der Waals surface area contributed by atoms with Crippen LogP contribution in [0.3, 0.4) is 0 Å². The third-order valence-corrected chi connectivity index (χ3v) is 3.05. The number of ether oxygens (including phenoxy) is 1. The van der Waals surface area contributed by atoms with E-state index >= 15 is 0 Å². The van der Waals surface area contributed by atoms with Crippen molar-refractivity contribution in [2.75, 3.05) is 25.5 Å². The van der Waals surface area contributed by atoms with Crippen molar-refractivity contribution in [1.29, 1.82) is 0 Å². The molecule has 0 fully saturated rings. The van der Waals surface area contributed by atoms with Crippen molar-refractivity contribution in [3.8, 4) is 5.75 Å². The Morgan fingerprint density at radius 1 is 1.24 bits per heavy atom. The smallest absolute Gasteiger partial charge is 0.221 e. The summed E-state index contributed by atoms with van der Waals surface area (Å²) in [5, 5.41) is 9.02. The van der Waals surface area contributed by atoms with E-state index in [2.05, 4.69) is 20.9 Å². The first-order valence-corrected chi connectivity index (χ1v) is 7.64. The average molecular weight is 458 g/mol. The highest BCUT2D eigenvalue weighted by Gasteiger charge is 2.01. The van der Waals surface area contributed by atoms with Crippen LogP contribution in [0.15, 0.2) is 52.1 Å². The molecule has 0 aliphatic rings. The fourth-order valence-electron chi connectivity index (χ4n) is 2.01. The summed E-state index contributed by atoms with van der Waals surface area (Å²) in [6.07, 6.45) is 1.64. The van der Waals surface area contributed by atoms with Crippen LogP contribution in [0.5, 0.6) is 5.75 Å². The van der Waals surface area contributed by atoms with Crippen molar-refractivity contribution in [2.24, 2.45) is 4.99 Å². The zero-order valence-electron chi connectivity index (χ0n) is 14.2. The number of carbonyl (C=O) groups is 1. The van der Waals surface area contributed by atoms with Crippen LogP contribution < -0.4 is 20.7 Å². The van der Waals surface area contributed by atoms with Gasteiger partial charge in [-0.2, -0.15) is 0 Å². The Kier molecular flexibility index (Phi) is 9.45. The molecule has 0 aliphatic carbocycles. The van der Waals surface area contributed by atoms with Crippen molar-refractivity contribution < 1.29 is 13.9 Å². The molecule has 1 amide bonds. The lowest BCUT2D eigenvalue weighted by atomic mass is 10.3. The maximum absolute atomic E-state index is 11.1. The van der Waals surface area contributed by atoms with Crippen molar-refractivity contribution >= 4 is 41.5 Å². The van der Waals surface area contributed by atoms with Crippen LogP contribution in [0, 0.1) is 0 Å². The zero-order chi connectivity index (χ0) is 17.2. The predicted octanol–water partition coefficient (Wildman–Crippen LogP) is 2.60. The quantitative estimate of drug-likeness (QED) is 0.257. The van der Waals surface area contributed by atoms with Crippen LogP contribution in [-0.4, -0.2) is 32.1 Å². The summed E-state index contributed by atoms with van der Waals surface area (Å²) < 4.78 is 10.9. The van der Waals surface area contributed by atoms with E-state index in [9.17, 15) is 4.79 Å². The van der Waals surface area contributed by atoms with Crippen molar-refractivity contribution in [1.82, 2.24) is 10.6 Å². The summed E-state index contributed by atoms with van der Waals surface area (Å²) in [5.41, 5.74) is 0.712. The second kappa shape index (κ2) is 11.3. The zero-order valence-corrected chi connectivity index (χ0v) is 16.6. The molecule has 8 heteroatoms. The molecule has 7 nitrogen and oxygen atoms in total. The first-order valence-electron chi connectivity index (χ1n) is 7.64. The summed E-state index contributed by atoms with van der Waals surface area (Å²) in [5.74, 6) is 2.09. The van der Waals surface area contributed by atoms with Gasteiger partial charge in [0.15, 0.2) is 5.96 Å². The van der Waals surface area contributed by atoms with E-state index in [1.54, 1.807) is 19.4 Å². The van der Waals surface area contributed by atoms with Gasteiger partial charge < -0.3 is 25.1 Å². The van der Waals surface area contributed by atoms with Gasteiger partial charge in [0.2, 0.25) is 5.91 Å². The van der Waals surface area contributed by atoms with E-state index in [0.29, 0.717) is 37.1 Å². The molecule has 0 radical (unpaired) electrons. The van der Waals surface area contributed by atoms with Gasteiger partial charge in [0.05, 0.1) is 19.4 Å². The molecule has 0 bridgehead atoms. The molecular weight excluding hydrogens is 435 g/mol. The minimum atomic E-state index is -0.111. The van der Waals surface area contributed by atoms with Crippen LogP contribution in [0.1, 0.15) is 12.7 Å². The van der Waals surface area contributed by atoms with Crippen LogP contribution in [-0.2, 0) is 11.3 Å². The van der Waals surface area contributed by atoms with Crippen LogP contribution in [0.25, 0.3) is 0 Å². The minimum absolute atomic E-state index is 0. The summed E-state index contributed by atoms with van der Waals surface area (Å²) in [4.78, 5) is 15.2. The molecule has 1 aromatic carbocycles. The third kappa shape index (κ3) is 7.92. The SMILES string of the molecule is CN=C(NCCOc1cccc(NC(C)=O)c1)NCc1ccco1.I. The number of halogens is 1. The van der Waals surface area contributed by atoms with Gasteiger partial charge in [-0.25, -0.2) is 0 Å². The summed E-state index contributed by atoms with van der Waals surface area (Å²) in [6.45, 7) is 3.08. The van der Waals surface area contributed by atoms with Gasteiger partial charge in [0.1, 0.15) is 18.1 Å². The number of amides is 1. The first-order chi connectivity index (χ1) is 11.7. The highest BCUT2D eigenvalue weighted by Crippen LogP contribution is 2.16. The lowest BCUT2D eigenvalue weighted by molar-refractivity contribution is -0.114. The molecule has 2 aromatic rings. The van der Waals surface area contributed by atoms with Gasteiger partial charge in [0.25, 0.3) is 0 Å². The fraction of sp³-hybridized carbons (Fsp3) is 0.294. The minimum Gasteiger partial charge on any atom is -0.492 e. The van der Waals surface area contributed by atoms with Gasteiger partial charge in [-0.05, 0) is 24.3 Å². The highest BCUT2D eigenvalue weighted by molar-refractivity contribution is 14.0. The molecule has 1 aromatic heterocycles. The molecule has 25 heavy (non-hydrogen) atoms. The Morgan fingerprint density at radius 3 is 2.76 bits per heavy atom. The van der Waals surface area contributed by atoms with Gasteiger partial charge >= 0.3 is 0 Å². The maximum Gasteiger partial charge on any atom is 0.221 e. The fourth-order valence-corrected chi connectivity index (χ4v) is 2.01. The maximum atomic E-state index is 11.1. The first kappa shape index (κ1) is 20.8. The van der Waals surface area contributed by atoms with E-state index in [1.165, 1.54) is 6.92 Å². The number of carbonyl (C=O) groups excluding carboxylic acids is 1. The molecule has 136 valence electrons. The second-order valence-electron chi connectivity index (χ2n) is 4.99. The van der Waals surface area contributed by atoms with Crippen molar-refractivity contribution in [3.05, 3.63) is 48.4 Å². The average Bonchev–Trinajstić information content (AvgIpc) is 3.07. The standard InChI is InChI=1S/C17H22N4O3.HI/c1-13(22)21-14-5-3-6-15(11-14)24-10-8-19-17(18-2)20-12-16-7-4-9-23-16;/h3-7,9,11H,8,10,12H2,1-2H3,(H,21,22)(H2,18,19,20);1H. The van der Waals surface area contributed by atoms with Crippen molar-refractivity contribution in [3.63, 3.8) is 0 Å². The highest BCUT2D eigenvalue weighted by atomic mass is 127. The van der Waals surface area contributed by atoms with E-state index in [1.807, 2.05) is 30.3 Å². The van der Waals surface area contributed by atoms with E-state index < -0.39 is 0 Å². The predicted molar refractivity (Wildman–Crippen MR) is 109 cm³/mol.